The van der Waals surface area contributed by atoms with Crippen LogP contribution in [0.5, 0.6) is 0 Å². The van der Waals surface area contributed by atoms with E-state index in [9.17, 15) is 0 Å². The Morgan fingerprint density at radius 1 is 1.69 bits per heavy atom. The smallest absolute Gasteiger partial charge is 0.0706 e. The van der Waals surface area contributed by atoms with Crippen LogP contribution in [0.4, 0.5) is 0 Å². The highest BCUT2D eigenvalue weighted by atomic mass is 16.4. The van der Waals surface area contributed by atoms with E-state index in [1.807, 2.05) is 0 Å². The van der Waals surface area contributed by atoms with E-state index in [0.29, 0.717) is 12.0 Å². The number of oxime groups is 1. The van der Waals surface area contributed by atoms with Crippen LogP contribution in [0.3, 0.4) is 0 Å². The molecule has 1 aliphatic rings. The summed E-state index contributed by atoms with van der Waals surface area (Å²) in [5, 5.41) is 11.6. The van der Waals surface area contributed by atoms with Crippen LogP contribution >= 0.6 is 0 Å². The van der Waals surface area contributed by atoms with Gasteiger partial charge in [-0.05, 0) is 25.0 Å². The Morgan fingerprint density at radius 2 is 2.38 bits per heavy atom. The molecule has 1 atom stereocenters. The maximum absolute atomic E-state index is 8.51. The number of likely N-dealkylation sites (N-methyl/N-ethyl adjacent to an activating group) is 1. The van der Waals surface area contributed by atoms with Crippen LogP contribution in [0.2, 0.25) is 0 Å². The second-order valence-electron chi connectivity index (χ2n) is 3.91. The first-order chi connectivity index (χ1) is 6.16. The Balaban J connectivity index is 2.83. The molecule has 74 valence electrons. The largest absolute Gasteiger partial charge is 0.411 e. The molecule has 0 radical (unpaired) electrons. The van der Waals surface area contributed by atoms with Crippen molar-refractivity contribution in [3.63, 3.8) is 0 Å². The molecular weight excluding hydrogens is 164 g/mol. The second-order valence-corrected chi connectivity index (χ2v) is 3.91. The molecular formula is C10H18N2O. The molecule has 0 aromatic carbocycles. The van der Waals surface area contributed by atoms with E-state index in [-0.39, 0.29) is 0 Å². The summed E-state index contributed by atoms with van der Waals surface area (Å²) in [7, 11) is 2.11. The Hall–Kier alpha value is -0.830. The first-order valence-corrected chi connectivity index (χ1v) is 4.74. The lowest BCUT2D eigenvalue weighted by atomic mass is 9.92. The maximum atomic E-state index is 8.51. The SMILES string of the molecule is CC(C)C1C(C=NO)=CCCN1C. The topological polar surface area (TPSA) is 35.8 Å². The lowest BCUT2D eigenvalue weighted by Crippen LogP contribution is -2.40. The summed E-state index contributed by atoms with van der Waals surface area (Å²) < 4.78 is 0. The fraction of sp³-hybridized carbons (Fsp3) is 0.700. The molecule has 1 rings (SSSR count). The van der Waals surface area contributed by atoms with Crippen molar-refractivity contribution in [2.75, 3.05) is 13.6 Å². The zero-order valence-corrected chi connectivity index (χ0v) is 8.57. The van der Waals surface area contributed by atoms with Crippen LogP contribution in [-0.4, -0.2) is 36.0 Å². The minimum Gasteiger partial charge on any atom is -0.411 e. The Kier molecular flexibility index (Phi) is 3.48. The van der Waals surface area contributed by atoms with Gasteiger partial charge < -0.3 is 5.21 Å². The molecule has 0 aliphatic carbocycles. The van der Waals surface area contributed by atoms with E-state index in [0.717, 1.165) is 18.5 Å². The molecule has 0 fully saturated rings. The van der Waals surface area contributed by atoms with Crippen molar-refractivity contribution >= 4 is 6.21 Å². The van der Waals surface area contributed by atoms with Gasteiger partial charge in [-0.3, -0.25) is 4.90 Å². The Labute approximate surface area is 79.7 Å². The molecule has 0 aromatic rings. The first kappa shape index (κ1) is 10.3. The Morgan fingerprint density at radius 3 is 2.92 bits per heavy atom. The predicted octanol–water partition coefficient (Wildman–Crippen LogP) is 1.73. The van der Waals surface area contributed by atoms with E-state index in [1.165, 1.54) is 0 Å². The number of hydrogen-bond acceptors (Lipinski definition) is 3. The first-order valence-electron chi connectivity index (χ1n) is 4.74. The lowest BCUT2D eigenvalue weighted by molar-refractivity contribution is 0.219. The fourth-order valence-electron chi connectivity index (χ4n) is 2.04. The van der Waals surface area contributed by atoms with Crippen molar-refractivity contribution < 1.29 is 5.21 Å². The van der Waals surface area contributed by atoms with E-state index in [4.69, 9.17) is 5.21 Å². The molecule has 0 bridgehead atoms. The van der Waals surface area contributed by atoms with Gasteiger partial charge in [-0.2, -0.15) is 0 Å². The van der Waals surface area contributed by atoms with Gasteiger partial charge in [0.1, 0.15) is 0 Å². The average molecular weight is 182 g/mol. The molecule has 3 nitrogen and oxygen atoms in total. The van der Waals surface area contributed by atoms with Crippen molar-refractivity contribution in [3.05, 3.63) is 11.6 Å². The van der Waals surface area contributed by atoms with Crippen LogP contribution in [-0.2, 0) is 0 Å². The Bertz CT molecular complexity index is 221. The van der Waals surface area contributed by atoms with Crippen molar-refractivity contribution in [1.29, 1.82) is 0 Å². The summed E-state index contributed by atoms with van der Waals surface area (Å²) in [6.45, 7) is 5.46. The minimum atomic E-state index is 0.393. The molecule has 13 heavy (non-hydrogen) atoms. The van der Waals surface area contributed by atoms with Gasteiger partial charge >= 0.3 is 0 Å². The molecule has 3 heteroatoms. The molecule has 1 heterocycles. The third-order valence-electron chi connectivity index (χ3n) is 2.52. The van der Waals surface area contributed by atoms with E-state index in [1.54, 1.807) is 6.21 Å². The average Bonchev–Trinajstić information content (AvgIpc) is 2.04. The normalized spacial score (nSPS) is 25.5. The van der Waals surface area contributed by atoms with Gasteiger partial charge in [-0.15, -0.1) is 0 Å². The molecule has 0 saturated carbocycles. The van der Waals surface area contributed by atoms with Crippen molar-refractivity contribution in [1.82, 2.24) is 4.90 Å². The summed E-state index contributed by atoms with van der Waals surface area (Å²) in [5.41, 5.74) is 1.13. The van der Waals surface area contributed by atoms with Crippen LogP contribution in [0, 0.1) is 5.92 Å². The molecule has 1 unspecified atom stereocenters. The standard InChI is InChI=1S/C10H18N2O/c1-8(2)10-9(7-11-13)5-4-6-12(10)3/h5,7-8,10,13H,4,6H2,1-3H3. The van der Waals surface area contributed by atoms with E-state index < -0.39 is 0 Å². The van der Waals surface area contributed by atoms with Gasteiger partial charge in [0.25, 0.3) is 0 Å². The van der Waals surface area contributed by atoms with Crippen LogP contribution in [0.15, 0.2) is 16.8 Å². The molecule has 0 saturated heterocycles. The zero-order valence-electron chi connectivity index (χ0n) is 8.57. The summed E-state index contributed by atoms with van der Waals surface area (Å²) in [6, 6.07) is 0.393. The van der Waals surface area contributed by atoms with Crippen LogP contribution in [0.25, 0.3) is 0 Å². The van der Waals surface area contributed by atoms with Gasteiger partial charge in [0, 0.05) is 12.6 Å². The third-order valence-corrected chi connectivity index (χ3v) is 2.52. The monoisotopic (exact) mass is 182 g/mol. The van der Waals surface area contributed by atoms with Gasteiger partial charge in [-0.1, -0.05) is 25.1 Å². The molecule has 0 spiro atoms. The minimum absolute atomic E-state index is 0.393. The maximum Gasteiger partial charge on any atom is 0.0706 e. The second kappa shape index (κ2) is 4.42. The van der Waals surface area contributed by atoms with Gasteiger partial charge in [0.15, 0.2) is 0 Å². The van der Waals surface area contributed by atoms with Crippen molar-refractivity contribution in [2.24, 2.45) is 11.1 Å². The third kappa shape index (κ3) is 2.31. The molecule has 0 aromatic heterocycles. The fourth-order valence-corrected chi connectivity index (χ4v) is 2.04. The summed E-state index contributed by atoms with van der Waals surface area (Å²) in [4.78, 5) is 2.31. The van der Waals surface area contributed by atoms with Crippen LogP contribution in [0.1, 0.15) is 20.3 Å². The number of hydrogen-bond donors (Lipinski definition) is 1. The highest BCUT2D eigenvalue weighted by Crippen LogP contribution is 2.21. The van der Waals surface area contributed by atoms with Gasteiger partial charge in [0.05, 0.1) is 6.21 Å². The number of rotatable bonds is 2. The summed E-state index contributed by atoms with van der Waals surface area (Å²) in [5.74, 6) is 0.551. The van der Waals surface area contributed by atoms with E-state index in [2.05, 4.69) is 37.0 Å². The molecule has 0 amide bonds. The van der Waals surface area contributed by atoms with Gasteiger partial charge in [-0.25, -0.2) is 0 Å². The highest BCUT2D eigenvalue weighted by Gasteiger charge is 2.24. The van der Waals surface area contributed by atoms with Gasteiger partial charge in [0.2, 0.25) is 0 Å². The summed E-state index contributed by atoms with van der Waals surface area (Å²) >= 11 is 0. The highest BCUT2D eigenvalue weighted by molar-refractivity contribution is 5.80. The molecule has 1 N–H and O–H groups in total. The number of nitrogens with zero attached hydrogens (tertiary/aromatic N) is 2. The quantitative estimate of drug-likeness (QED) is 0.401. The molecule has 1 aliphatic heterocycles. The summed E-state index contributed by atoms with van der Waals surface area (Å²) in [6.07, 6.45) is 4.76. The van der Waals surface area contributed by atoms with E-state index >= 15 is 0 Å². The predicted molar refractivity (Wildman–Crippen MR) is 54.2 cm³/mol. The van der Waals surface area contributed by atoms with Crippen molar-refractivity contribution in [2.45, 2.75) is 26.3 Å². The zero-order chi connectivity index (χ0) is 9.84. The van der Waals surface area contributed by atoms with Crippen LogP contribution < -0.4 is 0 Å². The lowest BCUT2D eigenvalue weighted by Gasteiger charge is -2.34. The van der Waals surface area contributed by atoms with Crippen molar-refractivity contribution in [3.8, 4) is 0 Å².